The van der Waals surface area contributed by atoms with E-state index in [4.69, 9.17) is 9.97 Å². The van der Waals surface area contributed by atoms with Gasteiger partial charge in [-0.2, -0.15) is 0 Å². The second-order valence-electron chi connectivity index (χ2n) is 6.68. The van der Waals surface area contributed by atoms with Gasteiger partial charge >= 0.3 is 0 Å². The minimum absolute atomic E-state index is 0.776. The number of nitrogens with zero attached hydrogens (tertiary/aromatic N) is 3. The van der Waals surface area contributed by atoms with Crippen molar-refractivity contribution in [3.8, 4) is 0 Å². The summed E-state index contributed by atoms with van der Waals surface area (Å²) in [5.41, 5.74) is 1.56. The average Bonchev–Trinajstić information content (AvgIpc) is 2.84. The lowest BCUT2D eigenvalue weighted by Gasteiger charge is -2.32. The van der Waals surface area contributed by atoms with Gasteiger partial charge in [0.1, 0.15) is 16.5 Å². The molecule has 112 valence electrons. The van der Waals surface area contributed by atoms with E-state index in [0.29, 0.717) is 0 Å². The van der Waals surface area contributed by atoms with E-state index in [1.807, 2.05) is 18.3 Å². The van der Waals surface area contributed by atoms with Crippen molar-refractivity contribution in [2.45, 2.75) is 52.4 Å². The summed E-state index contributed by atoms with van der Waals surface area (Å²) in [6, 6.07) is 0. The van der Waals surface area contributed by atoms with Crippen LogP contribution < -0.4 is 4.90 Å². The third-order valence-corrected chi connectivity index (χ3v) is 6.05. The molecule has 4 rings (SSSR count). The molecule has 0 radical (unpaired) electrons. The smallest absolute Gasteiger partial charge is 0.141 e. The van der Waals surface area contributed by atoms with Gasteiger partial charge in [-0.25, -0.2) is 9.97 Å². The molecule has 1 fully saturated rings. The van der Waals surface area contributed by atoms with Crippen molar-refractivity contribution < 1.29 is 0 Å². The van der Waals surface area contributed by atoms with Gasteiger partial charge in [-0.1, -0.05) is 6.92 Å². The molecule has 21 heavy (non-hydrogen) atoms. The van der Waals surface area contributed by atoms with E-state index in [1.54, 1.807) is 10.4 Å². The molecule has 1 saturated heterocycles. The molecule has 1 aliphatic carbocycles. The molecule has 1 atom stereocenters. The van der Waals surface area contributed by atoms with Gasteiger partial charge in [0.2, 0.25) is 0 Å². The molecule has 2 aromatic heterocycles. The predicted molar refractivity (Wildman–Crippen MR) is 89.4 cm³/mol. The van der Waals surface area contributed by atoms with Crippen LogP contribution in [0, 0.1) is 12.8 Å². The Morgan fingerprint density at radius 3 is 2.86 bits per heavy atom. The summed E-state index contributed by atoms with van der Waals surface area (Å²) in [5, 5.41) is 1.38. The minimum atomic E-state index is 0.776. The quantitative estimate of drug-likeness (QED) is 0.793. The van der Waals surface area contributed by atoms with E-state index < -0.39 is 0 Å². The van der Waals surface area contributed by atoms with Crippen LogP contribution >= 0.6 is 11.3 Å². The highest BCUT2D eigenvalue weighted by molar-refractivity contribution is 7.19. The fraction of sp³-hybridized carbons (Fsp3) is 0.647. The fourth-order valence-electron chi connectivity index (χ4n) is 3.85. The molecule has 0 saturated carbocycles. The second-order valence-corrected chi connectivity index (χ2v) is 7.76. The van der Waals surface area contributed by atoms with Crippen LogP contribution in [0.15, 0.2) is 0 Å². The third kappa shape index (κ3) is 2.33. The molecule has 0 aromatic carbocycles. The van der Waals surface area contributed by atoms with E-state index in [-0.39, 0.29) is 0 Å². The standard InChI is InChI=1S/C17H23N3S/c1-11-6-5-9-20(10-11)16-15-13-7-3-4-8-14(13)21-17(15)19-12(2)18-16/h11H,3-10H2,1-2H3. The van der Waals surface area contributed by atoms with E-state index in [1.165, 1.54) is 54.6 Å². The molecular weight excluding hydrogens is 278 g/mol. The van der Waals surface area contributed by atoms with Crippen molar-refractivity contribution in [3.05, 3.63) is 16.3 Å². The van der Waals surface area contributed by atoms with E-state index in [2.05, 4.69) is 11.8 Å². The predicted octanol–water partition coefficient (Wildman–Crippen LogP) is 4.11. The maximum Gasteiger partial charge on any atom is 0.141 e. The first-order valence-electron chi connectivity index (χ1n) is 8.26. The maximum atomic E-state index is 4.86. The molecule has 2 aromatic rings. The number of hydrogen-bond acceptors (Lipinski definition) is 4. The maximum absolute atomic E-state index is 4.86. The van der Waals surface area contributed by atoms with Crippen LogP contribution in [0.5, 0.6) is 0 Å². The van der Waals surface area contributed by atoms with Crippen LogP contribution in [0.1, 0.15) is 48.9 Å². The topological polar surface area (TPSA) is 29.0 Å². The van der Waals surface area contributed by atoms with Gasteiger partial charge in [0.15, 0.2) is 0 Å². The van der Waals surface area contributed by atoms with Gasteiger partial charge in [-0.3, -0.25) is 0 Å². The fourth-order valence-corrected chi connectivity index (χ4v) is 5.15. The highest BCUT2D eigenvalue weighted by atomic mass is 32.1. The summed E-state index contributed by atoms with van der Waals surface area (Å²) < 4.78 is 0. The summed E-state index contributed by atoms with van der Waals surface area (Å²) in [4.78, 5) is 14.9. The van der Waals surface area contributed by atoms with Crippen LogP contribution in [0.3, 0.4) is 0 Å². The lowest BCUT2D eigenvalue weighted by molar-refractivity contribution is 0.445. The Hall–Kier alpha value is -1.16. The number of thiophene rings is 1. The van der Waals surface area contributed by atoms with Gasteiger partial charge < -0.3 is 4.90 Å². The van der Waals surface area contributed by atoms with Crippen LogP contribution in [-0.4, -0.2) is 23.1 Å². The normalized spacial score (nSPS) is 22.6. The van der Waals surface area contributed by atoms with Crippen molar-refractivity contribution in [1.29, 1.82) is 0 Å². The molecule has 4 heteroatoms. The Bertz CT molecular complexity index is 676. The molecule has 0 amide bonds. The van der Waals surface area contributed by atoms with Crippen molar-refractivity contribution in [2.24, 2.45) is 5.92 Å². The van der Waals surface area contributed by atoms with Gasteiger partial charge in [0.05, 0.1) is 5.39 Å². The molecule has 1 aliphatic heterocycles. The Morgan fingerprint density at radius 1 is 1.14 bits per heavy atom. The monoisotopic (exact) mass is 301 g/mol. The highest BCUT2D eigenvalue weighted by Crippen LogP contribution is 2.40. The van der Waals surface area contributed by atoms with E-state index in [0.717, 1.165) is 24.8 Å². The Morgan fingerprint density at radius 2 is 2.00 bits per heavy atom. The lowest BCUT2D eigenvalue weighted by Crippen LogP contribution is -2.35. The Labute approximate surface area is 130 Å². The number of anilines is 1. The van der Waals surface area contributed by atoms with Crippen LogP contribution in [0.25, 0.3) is 10.2 Å². The zero-order valence-electron chi connectivity index (χ0n) is 13.0. The average molecular weight is 301 g/mol. The van der Waals surface area contributed by atoms with Crippen molar-refractivity contribution >= 4 is 27.4 Å². The molecule has 1 unspecified atom stereocenters. The van der Waals surface area contributed by atoms with Gasteiger partial charge in [0, 0.05) is 18.0 Å². The van der Waals surface area contributed by atoms with Gasteiger partial charge in [-0.15, -0.1) is 11.3 Å². The first kappa shape index (κ1) is 13.5. The Kier molecular flexibility index (Phi) is 3.37. The SMILES string of the molecule is Cc1nc(N2CCCC(C)C2)c2c3c(sc2n1)CCCC3. The second kappa shape index (κ2) is 5.24. The lowest BCUT2D eigenvalue weighted by atomic mass is 9.96. The molecular formula is C17H23N3S. The van der Waals surface area contributed by atoms with Gasteiger partial charge in [-0.05, 0) is 56.9 Å². The minimum Gasteiger partial charge on any atom is -0.356 e. The van der Waals surface area contributed by atoms with E-state index in [9.17, 15) is 0 Å². The third-order valence-electron chi connectivity index (χ3n) is 4.86. The van der Waals surface area contributed by atoms with E-state index >= 15 is 0 Å². The van der Waals surface area contributed by atoms with Crippen LogP contribution in [0.4, 0.5) is 5.82 Å². The summed E-state index contributed by atoms with van der Waals surface area (Å²) in [6.07, 6.45) is 7.76. The number of fused-ring (bicyclic) bond motifs is 3. The number of rotatable bonds is 1. The summed E-state index contributed by atoms with van der Waals surface area (Å²) in [5.74, 6) is 2.93. The number of hydrogen-bond donors (Lipinski definition) is 0. The number of aromatic nitrogens is 2. The molecule has 2 aliphatic rings. The largest absolute Gasteiger partial charge is 0.356 e. The first-order chi connectivity index (χ1) is 10.2. The van der Waals surface area contributed by atoms with Crippen LogP contribution in [-0.2, 0) is 12.8 Å². The van der Waals surface area contributed by atoms with Crippen molar-refractivity contribution in [3.63, 3.8) is 0 Å². The summed E-state index contributed by atoms with van der Waals surface area (Å²) >= 11 is 1.92. The Balaban J connectivity index is 1.88. The zero-order chi connectivity index (χ0) is 14.4. The number of aryl methyl sites for hydroxylation is 3. The molecule has 3 nitrogen and oxygen atoms in total. The highest BCUT2D eigenvalue weighted by Gasteiger charge is 2.25. The zero-order valence-corrected chi connectivity index (χ0v) is 13.8. The van der Waals surface area contributed by atoms with Crippen LogP contribution in [0.2, 0.25) is 0 Å². The van der Waals surface area contributed by atoms with Crippen molar-refractivity contribution in [1.82, 2.24) is 9.97 Å². The molecule has 0 spiro atoms. The summed E-state index contributed by atoms with van der Waals surface area (Å²) in [6.45, 7) is 6.70. The molecule has 0 bridgehead atoms. The number of piperidine rings is 1. The summed E-state index contributed by atoms with van der Waals surface area (Å²) in [7, 11) is 0. The molecule has 3 heterocycles. The molecule has 0 N–H and O–H groups in total. The first-order valence-corrected chi connectivity index (χ1v) is 9.08. The van der Waals surface area contributed by atoms with Gasteiger partial charge in [0.25, 0.3) is 0 Å². The van der Waals surface area contributed by atoms with Crippen molar-refractivity contribution in [2.75, 3.05) is 18.0 Å².